The Kier molecular flexibility index (Phi) is 4.59. The highest BCUT2D eigenvalue weighted by atomic mass is 16.4. The maximum absolute atomic E-state index is 12.3. The number of nitrogens with one attached hydrogen (secondary N) is 1. The molecule has 24 heavy (non-hydrogen) atoms. The van der Waals surface area contributed by atoms with Crippen LogP contribution in [0.2, 0.25) is 0 Å². The predicted molar refractivity (Wildman–Crippen MR) is 86.7 cm³/mol. The number of nitrogens with zero attached hydrogens (tertiary/aromatic N) is 3. The van der Waals surface area contributed by atoms with Crippen LogP contribution in [0.4, 0.5) is 0 Å². The maximum atomic E-state index is 12.3. The van der Waals surface area contributed by atoms with Gasteiger partial charge in [-0.1, -0.05) is 31.4 Å². The molecule has 7 nitrogen and oxygen atoms in total. The Morgan fingerprint density at radius 1 is 1.08 bits per heavy atom. The van der Waals surface area contributed by atoms with E-state index in [2.05, 4.69) is 15.5 Å². The average molecular weight is 328 g/mol. The summed E-state index contributed by atoms with van der Waals surface area (Å²) in [5.74, 6) is -1.19. The van der Waals surface area contributed by atoms with Crippen molar-refractivity contribution in [3.63, 3.8) is 0 Å². The van der Waals surface area contributed by atoms with E-state index in [0.717, 1.165) is 30.5 Å². The number of carboxylic acid groups (broad SMARTS) is 1. The first-order valence-electron chi connectivity index (χ1n) is 8.07. The van der Waals surface area contributed by atoms with Crippen molar-refractivity contribution in [2.24, 2.45) is 0 Å². The molecule has 2 N–H and O–H groups in total. The summed E-state index contributed by atoms with van der Waals surface area (Å²) in [5, 5.41) is 19.8. The van der Waals surface area contributed by atoms with Gasteiger partial charge in [-0.15, -0.1) is 10.2 Å². The molecule has 7 heteroatoms. The summed E-state index contributed by atoms with van der Waals surface area (Å²) in [7, 11) is 0. The Hall–Kier alpha value is -2.70. The van der Waals surface area contributed by atoms with Gasteiger partial charge in [0.15, 0.2) is 0 Å². The van der Waals surface area contributed by atoms with Crippen LogP contribution in [-0.4, -0.2) is 37.3 Å². The van der Waals surface area contributed by atoms with Gasteiger partial charge >= 0.3 is 5.97 Å². The third kappa shape index (κ3) is 3.45. The van der Waals surface area contributed by atoms with E-state index in [4.69, 9.17) is 0 Å². The SMILES string of the molecule is O=C(Cc1ccc(-n2cnnc2)cc1)NC1(C(=O)O)CCCCC1. The van der Waals surface area contributed by atoms with Gasteiger partial charge in [0, 0.05) is 5.69 Å². The molecule has 126 valence electrons. The van der Waals surface area contributed by atoms with Gasteiger partial charge in [0.25, 0.3) is 0 Å². The largest absolute Gasteiger partial charge is 0.480 e. The van der Waals surface area contributed by atoms with Gasteiger partial charge < -0.3 is 10.4 Å². The molecule has 0 radical (unpaired) electrons. The first-order chi connectivity index (χ1) is 11.6. The molecule has 2 aromatic rings. The number of hydrogen-bond acceptors (Lipinski definition) is 4. The van der Waals surface area contributed by atoms with E-state index >= 15 is 0 Å². The van der Waals surface area contributed by atoms with Gasteiger partial charge in [-0.05, 0) is 30.5 Å². The smallest absolute Gasteiger partial charge is 0.329 e. The highest BCUT2D eigenvalue weighted by Gasteiger charge is 2.40. The lowest BCUT2D eigenvalue weighted by molar-refractivity contribution is -0.149. The number of hydrogen-bond donors (Lipinski definition) is 2. The van der Waals surface area contributed by atoms with Crippen molar-refractivity contribution >= 4 is 11.9 Å². The lowest BCUT2D eigenvalue weighted by Gasteiger charge is -2.34. The Labute approximate surface area is 139 Å². The second-order valence-corrected chi connectivity index (χ2v) is 6.21. The van der Waals surface area contributed by atoms with E-state index in [1.807, 2.05) is 24.3 Å². The fourth-order valence-corrected chi connectivity index (χ4v) is 3.16. The van der Waals surface area contributed by atoms with Crippen molar-refractivity contribution in [1.82, 2.24) is 20.1 Å². The number of aliphatic carboxylic acids is 1. The molecule has 1 aliphatic carbocycles. The summed E-state index contributed by atoms with van der Waals surface area (Å²) in [4.78, 5) is 23.9. The van der Waals surface area contributed by atoms with Crippen molar-refractivity contribution in [1.29, 1.82) is 0 Å². The van der Waals surface area contributed by atoms with E-state index in [-0.39, 0.29) is 12.3 Å². The Morgan fingerprint density at radius 2 is 1.71 bits per heavy atom. The Morgan fingerprint density at radius 3 is 2.29 bits per heavy atom. The van der Waals surface area contributed by atoms with Crippen molar-refractivity contribution in [2.75, 3.05) is 0 Å². The van der Waals surface area contributed by atoms with Crippen LogP contribution in [0.25, 0.3) is 5.69 Å². The number of carboxylic acids is 1. The molecule has 3 rings (SSSR count). The molecule has 0 atom stereocenters. The van der Waals surface area contributed by atoms with Crippen molar-refractivity contribution in [2.45, 2.75) is 44.1 Å². The third-order valence-corrected chi connectivity index (χ3v) is 4.51. The van der Waals surface area contributed by atoms with Gasteiger partial charge in [0.05, 0.1) is 6.42 Å². The average Bonchev–Trinajstić information content (AvgIpc) is 3.10. The number of benzene rings is 1. The number of amides is 1. The van der Waals surface area contributed by atoms with E-state index in [1.54, 1.807) is 17.2 Å². The van der Waals surface area contributed by atoms with Crippen LogP contribution in [0, 0.1) is 0 Å². The minimum atomic E-state index is -1.10. The van der Waals surface area contributed by atoms with Crippen LogP contribution >= 0.6 is 0 Å². The number of carbonyl (C=O) groups is 2. The summed E-state index contributed by atoms with van der Waals surface area (Å²) >= 11 is 0. The standard InChI is InChI=1S/C17H20N4O3/c22-15(20-17(16(23)24)8-2-1-3-9-17)10-13-4-6-14(7-5-13)21-11-18-19-12-21/h4-7,11-12H,1-3,8-10H2,(H,20,22)(H,23,24). The van der Waals surface area contributed by atoms with Crippen molar-refractivity contribution < 1.29 is 14.7 Å². The molecule has 1 aromatic carbocycles. The molecule has 0 saturated heterocycles. The van der Waals surface area contributed by atoms with Gasteiger partial charge in [0.2, 0.25) is 5.91 Å². The minimum Gasteiger partial charge on any atom is -0.480 e. The number of carbonyl (C=O) groups excluding carboxylic acids is 1. The van der Waals surface area contributed by atoms with Gasteiger partial charge in [0.1, 0.15) is 18.2 Å². The van der Waals surface area contributed by atoms with Crippen LogP contribution in [0.5, 0.6) is 0 Å². The molecular weight excluding hydrogens is 308 g/mol. The first-order valence-corrected chi connectivity index (χ1v) is 8.07. The van der Waals surface area contributed by atoms with E-state index in [9.17, 15) is 14.7 Å². The summed E-state index contributed by atoms with van der Waals surface area (Å²) < 4.78 is 1.77. The number of rotatable bonds is 5. The molecule has 1 aliphatic rings. The third-order valence-electron chi connectivity index (χ3n) is 4.51. The fourth-order valence-electron chi connectivity index (χ4n) is 3.16. The van der Waals surface area contributed by atoms with Gasteiger partial charge in [-0.25, -0.2) is 4.79 Å². The first kappa shape index (κ1) is 16.2. The minimum absolute atomic E-state index is 0.164. The van der Waals surface area contributed by atoms with E-state index in [0.29, 0.717) is 12.8 Å². The van der Waals surface area contributed by atoms with Crippen molar-refractivity contribution in [3.05, 3.63) is 42.5 Å². The van der Waals surface area contributed by atoms with E-state index < -0.39 is 11.5 Å². The monoisotopic (exact) mass is 328 g/mol. The maximum Gasteiger partial charge on any atom is 0.329 e. The zero-order valence-corrected chi connectivity index (χ0v) is 13.3. The summed E-state index contributed by atoms with van der Waals surface area (Å²) in [6.45, 7) is 0. The zero-order valence-electron chi connectivity index (χ0n) is 13.3. The van der Waals surface area contributed by atoms with E-state index in [1.165, 1.54) is 0 Å². The molecule has 0 aliphatic heterocycles. The molecule has 0 spiro atoms. The normalized spacial score (nSPS) is 16.5. The zero-order chi connectivity index (χ0) is 17.0. The van der Waals surface area contributed by atoms with Crippen LogP contribution in [-0.2, 0) is 16.0 Å². The molecule has 1 fully saturated rings. The topological polar surface area (TPSA) is 97.1 Å². The Bertz CT molecular complexity index is 704. The lowest BCUT2D eigenvalue weighted by atomic mass is 9.81. The second-order valence-electron chi connectivity index (χ2n) is 6.21. The molecule has 1 aromatic heterocycles. The lowest BCUT2D eigenvalue weighted by Crippen LogP contribution is -2.55. The highest BCUT2D eigenvalue weighted by molar-refractivity contribution is 5.88. The van der Waals surface area contributed by atoms with Crippen LogP contribution in [0.1, 0.15) is 37.7 Å². The van der Waals surface area contributed by atoms with Crippen molar-refractivity contribution in [3.8, 4) is 5.69 Å². The van der Waals surface area contributed by atoms with Crippen LogP contribution in [0.3, 0.4) is 0 Å². The van der Waals surface area contributed by atoms with Crippen LogP contribution in [0.15, 0.2) is 36.9 Å². The summed E-state index contributed by atoms with van der Waals surface area (Å²) in [6, 6.07) is 7.45. The van der Waals surface area contributed by atoms with Gasteiger partial charge in [-0.3, -0.25) is 9.36 Å². The summed E-state index contributed by atoms with van der Waals surface area (Å²) in [6.07, 6.45) is 7.05. The quantitative estimate of drug-likeness (QED) is 0.871. The highest BCUT2D eigenvalue weighted by Crippen LogP contribution is 2.28. The molecule has 1 heterocycles. The number of aromatic nitrogens is 3. The molecule has 1 amide bonds. The molecule has 0 bridgehead atoms. The molecule has 0 unspecified atom stereocenters. The Balaban J connectivity index is 1.65. The fraction of sp³-hybridized carbons (Fsp3) is 0.412. The molecule has 1 saturated carbocycles. The predicted octanol–water partition coefficient (Wildman–Crippen LogP) is 1.71. The van der Waals surface area contributed by atoms with Crippen LogP contribution < -0.4 is 5.32 Å². The van der Waals surface area contributed by atoms with Gasteiger partial charge in [-0.2, -0.15) is 0 Å². The molecular formula is C17H20N4O3. The summed E-state index contributed by atoms with van der Waals surface area (Å²) in [5.41, 5.74) is 0.636. The second kappa shape index (κ2) is 6.82.